The summed E-state index contributed by atoms with van der Waals surface area (Å²) in [6.07, 6.45) is 0. The Morgan fingerprint density at radius 2 is 1.73 bits per heavy atom. The summed E-state index contributed by atoms with van der Waals surface area (Å²) in [4.78, 5) is 42.8. The quantitative estimate of drug-likeness (QED) is 0.506. The topological polar surface area (TPSA) is 91.0 Å². The molecule has 1 unspecified atom stereocenters. The van der Waals surface area contributed by atoms with Gasteiger partial charge in [0.1, 0.15) is 11.8 Å². The number of rotatable bonds is 6. The number of piperazine rings is 1. The molecule has 1 atom stereocenters. The number of aryl methyl sites for hydroxylation is 1. The highest BCUT2D eigenvalue weighted by Gasteiger charge is 2.37. The zero-order chi connectivity index (χ0) is 26.4. The van der Waals surface area contributed by atoms with Gasteiger partial charge in [-0.1, -0.05) is 41.4 Å². The first-order valence-electron chi connectivity index (χ1n) is 11.9. The number of hydrogen-bond acceptors (Lipinski definition) is 4. The number of amides is 4. The smallest absolute Gasteiger partial charge is 0.321 e. The van der Waals surface area contributed by atoms with Crippen LogP contribution in [0.15, 0.2) is 72.8 Å². The molecule has 0 aliphatic carbocycles. The van der Waals surface area contributed by atoms with E-state index in [-0.39, 0.29) is 44.0 Å². The predicted octanol–water partition coefficient (Wildman–Crippen LogP) is 4.33. The van der Waals surface area contributed by atoms with Crippen molar-refractivity contribution in [2.75, 3.05) is 32.1 Å². The van der Waals surface area contributed by atoms with Crippen molar-refractivity contribution < 1.29 is 19.1 Å². The number of carbonyl (C=O) groups is 3. The SMILES string of the molecule is COc1cccc(CNC(=O)C2CN(C(=O)Nc3ccc(C)cc3)CCN2C(=O)c2ccc(Cl)cc2)c1. The molecule has 4 amide bonds. The van der Waals surface area contributed by atoms with Crippen LogP contribution >= 0.6 is 11.6 Å². The summed E-state index contributed by atoms with van der Waals surface area (Å²) in [6.45, 7) is 2.78. The van der Waals surface area contributed by atoms with E-state index in [9.17, 15) is 14.4 Å². The maximum absolute atomic E-state index is 13.4. The predicted molar refractivity (Wildman–Crippen MR) is 143 cm³/mol. The second kappa shape index (κ2) is 11.8. The number of halogens is 1. The van der Waals surface area contributed by atoms with E-state index in [0.717, 1.165) is 11.1 Å². The molecule has 3 aromatic carbocycles. The van der Waals surface area contributed by atoms with E-state index >= 15 is 0 Å². The summed E-state index contributed by atoms with van der Waals surface area (Å²) in [6, 6.07) is 20.2. The number of carbonyl (C=O) groups excluding carboxylic acids is 3. The Bertz CT molecular complexity index is 1260. The number of anilines is 1. The summed E-state index contributed by atoms with van der Waals surface area (Å²) in [5.41, 5.74) is 3.02. The number of ether oxygens (including phenoxy) is 1. The molecule has 0 spiro atoms. The van der Waals surface area contributed by atoms with E-state index in [0.29, 0.717) is 22.0 Å². The van der Waals surface area contributed by atoms with Gasteiger partial charge in [0.2, 0.25) is 5.91 Å². The van der Waals surface area contributed by atoms with Crippen LogP contribution in [0.5, 0.6) is 5.75 Å². The zero-order valence-corrected chi connectivity index (χ0v) is 21.5. The van der Waals surface area contributed by atoms with E-state index in [1.807, 2.05) is 55.5 Å². The number of methoxy groups -OCH3 is 1. The van der Waals surface area contributed by atoms with Gasteiger partial charge in [-0.05, 0) is 61.0 Å². The minimum absolute atomic E-state index is 0.0565. The van der Waals surface area contributed by atoms with Gasteiger partial charge in [0.25, 0.3) is 5.91 Å². The monoisotopic (exact) mass is 520 g/mol. The Kier molecular flexibility index (Phi) is 8.30. The number of benzene rings is 3. The van der Waals surface area contributed by atoms with Crippen LogP contribution in [0.2, 0.25) is 5.02 Å². The summed E-state index contributed by atoms with van der Waals surface area (Å²) in [5.74, 6) is 0.0395. The normalized spacial score (nSPS) is 15.2. The molecule has 1 aliphatic heterocycles. The number of nitrogens with one attached hydrogen (secondary N) is 2. The number of hydrogen-bond donors (Lipinski definition) is 2. The van der Waals surface area contributed by atoms with Crippen molar-refractivity contribution in [2.45, 2.75) is 19.5 Å². The molecule has 4 rings (SSSR count). The molecular weight excluding hydrogens is 492 g/mol. The van der Waals surface area contributed by atoms with Crippen LogP contribution in [-0.4, -0.2) is 60.4 Å². The van der Waals surface area contributed by atoms with E-state index in [2.05, 4.69) is 10.6 Å². The first-order valence-corrected chi connectivity index (χ1v) is 12.3. The van der Waals surface area contributed by atoms with Crippen molar-refractivity contribution in [3.8, 4) is 5.75 Å². The van der Waals surface area contributed by atoms with Crippen LogP contribution < -0.4 is 15.4 Å². The second-order valence-electron chi connectivity index (χ2n) is 8.83. The maximum atomic E-state index is 13.4. The lowest BCUT2D eigenvalue weighted by Gasteiger charge is -2.40. The summed E-state index contributed by atoms with van der Waals surface area (Å²) in [7, 11) is 1.58. The third kappa shape index (κ3) is 6.59. The largest absolute Gasteiger partial charge is 0.497 e. The van der Waals surface area contributed by atoms with Gasteiger partial charge in [0.05, 0.1) is 13.7 Å². The average Bonchev–Trinajstić information content (AvgIpc) is 2.92. The first-order chi connectivity index (χ1) is 17.8. The van der Waals surface area contributed by atoms with Gasteiger partial charge in [-0.2, -0.15) is 0 Å². The molecule has 192 valence electrons. The fourth-order valence-electron chi connectivity index (χ4n) is 4.12. The lowest BCUT2D eigenvalue weighted by molar-refractivity contribution is -0.127. The molecular formula is C28H29ClN4O4. The van der Waals surface area contributed by atoms with Crippen LogP contribution in [0.25, 0.3) is 0 Å². The first kappa shape index (κ1) is 26.0. The zero-order valence-electron chi connectivity index (χ0n) is 20.7. The standard InChI is InChI=1S/C28H29ClN4O4/c1-19-6-12-23(13-7-19)31-28(36)32-14-15-33(27(35)21-8-10-22(29)11-9-21)25(18-32)26(34)30-17-20-4-3-5-24(16-20)37-2/h3-13,16,25H,14-15,17-18H2,1-2H3,(H,30,34)(H,31,36). The third-order valence-corrected chi connectivity index (χ3v) is 6.48. The van der Waals surface area contributed by atoms with Crippen molar-refractivity contribution in [2.24, 2.45) is 0 Å². The van der Waals surface area contributed by atoms with Gasteiger partial charge in [-0.3, -0.25) is 9.59 Å². The van der Waals surface area contributed by atoms with Gasteiger partial charge in [0, 0.05) is 35.9 Å². The van der Waals surface area contributed by atoms with Crippen LogP contribution in [-0.2, 0) is 11.3 Å². The van der Waals surface area contributed by atoms with Crippen molar-refractivity contribution in [3.05, 3.63) is 94.5 Å². The van der Waals surface area contributed by atoms with Gasteiger partial charge in [0.15, 0.2) is 0 Å². The van der Waals surface area contributed by atoms with Crippen molar-refractivity contribution in [1.82, 2.24) is 15.1 Å². The third-order valence-electron chi connectivity index (χ3n) is 6.23. The van der Waals surface area contributed by atoms with Crippen LogP contribution in [0.1, 0.15) is 21.5 Å². The Morgan fingerprint density at radius 3 is 2.43 bits per heavy atom. The van der Waals surface area contributed by atoms with E-state index in [4.69, 9.17) is 16.3 Å². The molecule has 0 saturated carbocycles. The molecule has 37 heavy (non-hydrogen) atoms. The van der Waals surface area contributed by atoms with Crippen LogP contribution in [0.4, 0.5) is 10.5 Å². The molecule has 1 fully saturated rings. The Labute approximate surface area is 221 Å². The molecule has 9 heteroatoms. The van der Waals surface area contributed by atoms with Crippen LogP contribution in [0, 0.1) is 6.92 Å². The Hall–Kier alpha value is -4.04. The molecule has 0 aromatic heterocycles. The maximum Gasteiger partial charge on any atom is 0.321 e. The molecule has 0 bridgehead atoms. The molecule has 3 aromatic rings. The van der Waals surface area contributed by atoms with E-state index in [1.54, 1.807) is 36.3 Å². The molecule has 8 nitrogen and oxygen atoms in total. The van der Waals surface area contributed by atoms with Gasteiger partial charge in [-0.25, -0.2) is 4.79 Å². The number of nitrogens with zero attached hydrogens (tertiary/aromatic N) is 2. The fourth-order valence-corrected chi connectivity index (χ4v) is 4.25. The summed E-state index contributed by atoms with van der Waals surface area (Å²) < 4.78 is 5.25. The average molecular weight is 521 g/mol. The molecule has 0 radical (unpaired) electrons. The number of urea groups is 1. The highest BCUT2D eigenvalue weighted by Crippen LogP contribution is 2.19. The summed E-state index contributed by atoms with van der Waals surface area (Å²) >= 11 is 5.98. The van der Waals surface area contributed by atoms with Crippen LogP contribution in [0.3, 0.4) is 0 Å². The van der Waals surface area contributed by atoms with Gasteiger partial charge >= 0.3 is 6.03 Å². The Morgan fingerprint density at radius 1 is 1.00 bits per heavy atom. The lowest BCUT2D eigenvalue weighted by Crippen LogP contribution is -2.62. The summed E-state index contributed by atoms with van der Waals surface area (Å²) in [5, 5.41) is 6.30. The van der Waals surface area contributed by atoms with E-state index < -0.39 is 6.04 Å². The van der Waals surface area contributed by atoms with Crippen molar-refractivity contribution in [3.63, 3.8) is 0 Å². The second-order valence-corrected chi connectivity index (χ2v) is 9.27. The van der Waals surface area contributed by atoms with Gasteiger partial charge < -0.3 is 25.2 Å². The van der Waals surface area contributed by atoms with Gasteiger partial charge in [-0.15, -0.1) is 0 Å². The highest BCUT2D eigenvalue weighted by molar-refractivity contribution is 6.30. The molecule has 1 heterocycles. The lowest BCUT2D eigenvalue weighted by atomic mass is 10.1. The van der Waals surface area contributed by atoms with Crippen molar-refractivity contribution in [1.29, 1.82) is 0 Å². The van der Waals surface area contributed by atoms with E-state index in [1.165, 1.54) is 4.90 Å². The highest BCUT2D eigenvalue weighted by atomic mass is 35.5. The molecule has 1 aliphatic rings. The Balaban J connectivity index is 1.50. The minimum atomic E-state index is -0.869. The van der Waals surface area contributed by atoms with Crippen molar-refractivity contribution >= 4 is 35.1 Å². The molecule has 1 saturated heterocycles. The minimum Gasteiger partial charge on any atom is -0.497 e. The molecule has 2 N–H and O–H groups in total. The fraction of sp³-hybridized carbons (Fsp3) is 0.250.